The second-order valence-corrected chi connectivity index (χ2v) is 6.78. The number of nitrogens with two attached hydrogens (primary N) is 1. The standard InChI is InChI=1S/C17H21N3O3.ClH/c1-19-10-4-2-5-11(19)9-12(8-10)20-15-13(16(18)21)6-3-7-14(15)23-17(20)22;/h3,6-7,10-12H,2,4-5,8-9H2,1H3,(H2,18,21);1H. The third-order valence-electron chi connectivity index (χ3n) is 5.58. The van der Waals surface area contributed by atoms with Crippen LogP contribution in [0.25, 0.3) is 11.1 Å². The molecule has 6 nitrogen and oxygen atoms in total. The van der Waals surface area contributed by atoms with E-state index in [2.05, 4.69) is 11.9 Å². The van der Waals surface area contributed by atoms with Gasteiger partial charge in [0.1, 0.15) is 5.52 Å². The molecule has 0 radical (unpaired) electrons. The predicted molar refractivity (Wildman–Crippen MR) is 93.7 cm³/mol. The van der Waals surface area contributed by atoms with E-state index in [9.17, 15) is 9.59 Å². The maximum atomic E-state index is 12.4. The first-order valence-corrected chi connectivity index (χ1v) is 8.22. The number of oxazole rings is 1. The van der Waals surface area contributed by atoms with Crippen molar-refractivity contribution in [2.24, 2.45) is 5.73 Å². The van der Waals surface area contributed by atoms with Crippen molar-refractivity contribution in [2.45, 2.75) is 50.2 Å². The zero-order valence-electron chi connectivity index (χ0n) is 13.6. The maximum Gasteiger partial charge on any atom is 0.420 e. The Balaban J connectivity index is 0.00000169. The fourth-order valence-corrected chi connectivity index (χ4v) is 4.42. The van der Waals surface area contributed by atoms with Crippen LogP contribution in [0, 0.1) is 0 Å². The molecule has 3 heterocycles. The van der Waals surface area contributed by atoms with Gasteiger partial charge in [0.15, 0.2) is 5.58 Å². The van der Waals surface area contributed by atoms with Crippen LogP contribution in [0.3, 0.4) is 0 Å². The molecule has 2 fully saturated rings. The Morgan fingerprint density at radius 2 is 1.88 bits per heavy atom. The summed E-state index contributed by atoms with van der Waals surface area (Å²) in [6, 6.07) is 6.12. The van der Waals surface area contributed by atoms with Gasteiger partial charge in [-0.3, -0.25) is 9.36 Å². The predicted octanol–water partition coefficient (Wildman–Crippen LogP) is 2.30. The minimum absolute atomic E-state index is 0. The van der Waals surface area contributed by atoms with Crippen molar-refractivity contribution >= 4 is 29.4 Å². The van der Waals surface area contributed by atoms with E-state index in [0.717, 1.165) is 25.7 Å². The molecule has 2 saturated heterocycles. The number of halogens is 1. The van der Waals surface area contributed by atoms with Crippen LogP contribution in [0.4, 0.5) is 0 Å². The summed E-state index contributed by atoms with van der Waals surface area (Å²) in [7, 11) is 2.18. The summed E-state index contributed by atoms with van der Waals surface area (Å²) in [5, 5.41) is 0. The molecule has 2 aliphatic rings. The van der Waals surface area contributed by atoms with Gasteiger partial charge in [-0.2, -0.15) is 0 Å². The summed E-state index contributed by atoms with van der Waals surface area (Å²) in [6.07, 6.45) is 5.40. The summed E-state index contributed by atoms with van der Waals surface area (Å²) in [4.78, 5) is 26.7. The highest BCUT2D eigenvalue weighted by atomic mass is 35.5. The van der Waals surface area contributed by atoms with Gasteiger partial charge in [-0.25, -0.2) is 4.79 Å². The minimum atomic E-state index is -0.529. The highest BCUT2D eigenvalue weighted by Gasteiger charge is 2.38. The molecule has 2 N–H and O–H groups in total. The first kappa shape index (κ1) is 17.0. The number of hydrogen-bond acceptors (Lipinski definition) is 4. The molecule has 0 aliphatic carbocycles. The van der Waals surface area contributed by atoms with E-state index >= 15 is 0 Å². The number of aromatic nitrogens is 1. The molecule has 2 aromatic rings. The molecule has 2 aliphatic heterocycles. The lowest BCUT2D eigenvalue weighted by Gasteiger charge is -2.47. The summed E-state index contributed by atoms with van der Waals surface area (Å²) < 4.78 is 7.05. The molecule has 1 aromatic carbocycles. The van der Waals surface area contributed by atoms with Crippen LogP contribution >= 0.6 is 12.4 Å². The fraction of sp³-hybridized carbons (Fsp3) is 0.529. The van der Waals surface area contributed by atoms with Gasteiger partial charge in [-0.15, -0.1) is 12.4 Å². The highest BCUT2D eigenvalue weighted by Crippen LogP contribution is 2.39. The molecule has 130 valence electrons. The van der Waals surface area contributed by atoms with E-state index in [1.54, 1.807) is 22.8 Å². The molecule has 2 bridgehead atoms. The first-order valence-electron chi connectivity index (χ1n) is 8.22. The highest BCUT2D eigenvalue weighted by molar-refractivity contribution is 6.03. The number of primary amides is 1. The minimum Gasteiger partial charge on any atom is -0.408 e. The van der Waals surface area contributed by atoms with Crippen LogP contribution in [0.1, 0.15) is 48.5 Å². The van der Waals surface area contributed by atoms with Gasteiger partial charge in [0, 0.05) is 18.1 Å². The van der Waals surface area contributed by atoms with E-state index in [1.165, 1.54) is 6.42 Å². The van der Waals surface area contributed by atoms with Crippen LogP contribution in [0.2, 0.25) is 0 Å². The van der Waals surface area contributed by atoms with Crippen LogP contribution < -0.4 is 11.5 Å². The first-order chi connectivity index (χ1) is 11.1. The summed E-state index contributed by atoms with van der Waals surface area (Å²) in [5.41, 5.74) is 6.85. The zero-order chi connectivity index (χ0) is 16.1. The van der Waals surface area contributed by atoms with E-state index in [0.29, 0.717) is 28.7 Å². The number of rotatable bonds is 2. The average molecular weight is 352 g/mol. The number of fused-ring (bicyclic) bond motifs is 3. The molecule has 0 saturated carbocycles. The van der Waals surface area contributed by atoms with Crippen LogP contribution in [0.15, 0.2) is 27.4 Å². The number of para-hydroxylation sites is 1. The number of carbonyl (C=O) groups excluding carboxylic acids is 1. The largest absolute Gasteiger partial charge is 0.420 e. The third kappa shape index (κ3) is 2.54. The molecule has 7 heteroatoms. The van der Waals surface area contributed by atoms with Gasteiger partial charge in [0.05, 0.1) is 5.56 Å². The van der Waals surface area contributed by atoms with Crippen molar-refractivity contribution in [1.82, 2.24) is 9.47 Å². The molecule has 0 spiro atoms. The Bertz CT molecular complexity index is 814. The monoisotopic (exact) mass is 351 g/mol. The number of piperidine rings is 2. The van der Waals surface area contributed by atoms with Crippen molar-refractivity contribution < 1.29 is 9.21 Å². The molecule has 4 rings (SSSR count). The second-order valence-electron chi connectivity index (χ2n) is 6.78. The normalized spacial score (nSPS) is 27.0. The van der Waals surface area contributed by atoms with Crippen molar-refractivity contribution in [3.8, 4) is 0 Å². The van der Waals surface area contributed by atoms with Crippen molar-refractivity contribution in [3.05, 3.63) is 34.3 Å². The molecule has 2 atom stereocenters. The van der Waals surface area contributed by atoms with Crippen LogP contribution in [-0.2, 0) is 0 Å². The summed E-state index contributed by atoms with van der Waals surface area (Å²) >= 11 is 0. The molecule has 2 unspecified atom stereocenters. The zero-order valence-corrected chi connectivity index (χ0v) is 14.4. The van der Waals surface area contributed by atoms with Crippen molar-refractivity contribution in [3.63, 3.8) is 0 Å². The molecular weight excluding hydrogens is 330 g/mol. The molecule has 1 amide bonds. The topological polar surface area (TPSA) is 81.5 Å². The SMILES string of the molecule is CN1C2CCCC1CC(n1c(=O)oc3cccc(C(N)=O)c31)C2.Cl. The van der Waals surface area contributed by atoms with Gasteiger partial charge in [-0.1, -0.05) is 12.5 Å². The smallest absolute Gasteiger partial charge is 0.408 e. The molecular formula is C17H22ClN3O3. The van der Waals surface area contributed by atoms with Gasteiger partial charge < -0.3 is 15.1 Å². The van der Waals surface area contributed by atoms with Crippen LogP contribution in [-0.4, -0.2) is 34.5 Å². The van der Waals surface area contributed by atoms with Crippen molar-refractivity contribution in [1.29, 1.82) is 0 Å². The number of hydrogen-bond donors (Lipinski definition) is 1. The van der Waals surface area contributed by atoms with Crippen LogP contribution in [0.5, 0.6) is 0 Å². The lowest BCUT2D eigenvalue weighted by molar-refractivity contribution is 0.0393. The summed E-state index contributed by atoms with van der Waals surface area (Å²) in [6.45, 7) is 0. The quantitative estimate of drug-likeness (QED) is 0.900. The maximum absolute atomic E-state index is 12.4. The number of nitrogens with zero attached hydrogens (tertiary/aromatic N) is 2. The Kier molecular flexibility index (Phi) is 4.44. The van der Waals surface area contributed by atoms with Gasteiger partial charge >= 0.3 is 5.76 Å². The Hall–Kier alpha value is -1.79. The number of benzene rings is 1. The number of carbonyl (C=O) groups is 1. The van der Waals surface area contributed by atoms with Gasteiger partial charge in [0.2, 0.25) is 0 Å². The van der Waals surface area contributed by atoms with E-state index in [1.807, 2.05) is 0 Å². The second kappa shape index (κ2) is 6.26. The average Bonchev–Trinajstić information content (AvgIpc) is 2.82. The summed E-state index contributed by atoms with van der Waals surface area (Å²) in [5.74, 6) is -0.917. The van der Waals surface area contributed by atoms with Gasteiger partial charge in [-0.05, 0) is 44.9 Å². The Morgan fingerprint density at radius 3 is 2.50 bits per heavy atom. The molecule has 24 heavy (non-hydrogen) atoms. The van der Waals surface area contributed by atoms with E-state index < -0.39 is 5.91 Å². The lowest BCUT2D eigenvalue weighted by atomic mass is 9.82. The fourth-order valence-electron chi connectivity index (χ4n) is 4.42. The van der Waals surface area contributed by atoms with E-state index in [-0.39, 0.29) is 24.2 Å². The molecule has 1 aromatic heterocycles. The van der Waals surface area contributed by atoms with Crippen molar-refractivity contribution in [2.75, 3.05) is 7.05 Å². The number of amides is 1. The third-order valence-corrected chi connectivity index (χ3v) is 5.58. The van der Waals surface area contributed by atoms with E-state index in [4.69, 9.17) is 10.2 Å². The Labute approximate surface area is 146 Å². The Morgan fingerprint density at radius 1 is 1.21 bits per heavy atom. The van der Waals surface area contributed by atoms with Gasteiger partial charge in [0.25, 0.3) is 5.91 Å². The lowest BCUT2D eigenvalue weighted by Crippen LogP contribution is -2.50.